The summed E-state index contributed by atoms with van der Waals surface area (Å²) in [5, 5.41) is 53.7. The van der Waals surface area contributed by atoms with E-state index in [4.69, 9.17) is 0 Å². The molecule has 0 aliphatic carbocycles. The number of rotatable bonds is 11. The lowest BCUT2D eigenvalue weighted by atomic mass is 9.88. The highest BCUT2D eigenvalue weighted by atomic mass is 15.0. The molecule has 0 spiro atoms. The van der Waals surface area contributed by atoms with Crippen molar-refractivity contribution in [1.82, 2.24) is 18.3 Å². The van der Waals surface area contributed by atoms with Crippen LogP contribution in [0.4, 0.5) is 0 Å². The Balaban J connectivity index is 0.817. The van der Waals surface area contributed by atoms with E-state index < -0.39 is 0 Å². The van der Waals surface area contributed by atoms with Crippen molar-refractivity contribution in [2.45, 2.75) is 55.4 Å². The Bertz CT molecular complexity index is 7860. The van der Waals surface area contributed by atoms with Crippen molar-refractivity contribution in [2.75, 3.05) is 0 Å². The van der Waals surface area contributed by atoms with Crippen LogP contribution in [0.3, 0.4) is 0 Å². The number of aryl methyl sites for hydroxylation is 8. The minimum Gasteiger partial charge on any atom is -0.308 e. The van der Waals surface area contributed by atoms with Gasteiger partial charge in [0, 0.05) is 43.1 Å². The molecule has 8 nitrogen and oxygen atoms in total. The predicted octanol–water partition coefficient (Wildman–Crippen LogP) is 27.7. The summed E-state index contributed by atoms with van der Waals surface area (Å²) in [4.78, 5) is 0. The molecule has 0 radical (unpaired) electrons. The van der Waals surface area contributed by atoms with Crippen molar-refractivity contribution in [3.8, 4) is 125 Å². The molecule has 0 N–H and O–H groups in total. The molecule has 8 heteroatoms. The number of nitrogens with zero attached hydrogens (tertiary/aromatic N) is 8. The summed E-state index contributed by atoms with van der Waals surface area (Å²) in [5.41, 5.74) is 36.1. The van der Waals surface area contributed by atoms with Gasteiger partial charge in [0.05, 0.1) is 90.1 Å². The van der Waals surface area contributed by atoms with Crippen LogP contribution < -0.4 is 0 Å². The summed E-state index contributed by atoms with van der Waals surface area (Å²) in [5.74, 6) is 0. The number of hydrogen-bond donors (Lipinski definition) is 0. The van der Waals surface area contributed by atoms with Crippen molar-refractivity contribution in [2.24, 2.45) is 0 Å². The largest absolute Gasteiger partial charge is 0.308 e. The van der Waals surface area contributed by atoms with Gasteiger partial charge in [0.2, 0.25) is 0 Å². The summed E-state index contributed by atoms with van der Waals surface area (Å²) < 4.78 is 9.13. The average molecular weight is 1480 g/mol. The Morgan fingerprint density at radius 2 is 0.526 bits per heavy atom. The first-order valence-corrected chi connectivity index (χ1v) is 39.3. The molecular formula is C108H74N8. The molecule has 20 rings (SSSR count). The van der Waals surface area contributed by atoms with Crippen LogP contribution in [-0.4, -0.2) is 18.3 Å². The maximum Gasteiger partial charge on any atom is 0.104 e. The minimum absolute atomic E-state index is 0.490. The maximum atomic E-state index is 12.2. The first-order valence-electron chi connectivity index (χ1n) is 39.3. The van der Waals surface area contributed by atoms with Gasteiger partial charge < -0.3 is 18.3 Å². The highest BCUT2D eigenvalue weighted by Crippen LogP contribution is 2.48. The van der Waals surface area contributed by atoms with Gasteiger partial charge in [0.25, 0.3) is 0 Å². The molecule has 116 heavy (non-hydrogen) atoms. The van der Waals surface area contributed by atoms with Crippen LogP contribution >= 0.6 is 0 Å². The molecule has 16 aromatic carbocycles. The topological polar surface area (TPSA) is 115 Å². The Labute approximate surface area is 672 Å². The fourth-order valence-corrected chi connectivity index (χ4v) is 18.8. The van der Waals surface area contributed by atoms with Gasteiger partial charge in [-0.3, -0.25) is 0 Å². The number of fused-ring (bicyclic) bond motifs is 12. The van der Waals surface area contributed by atoms with E-state index in [0.717, 1.165) is 182 Å². The average Bonchev–Trinajstić information content (AvgIpc) is 1.56. The third kappa shape index (κ3) is 11.2. The molecule has 20 aromatic rings. The van der Waals surface area contributed by atoms with Gasteiger partial charge in [-0.2, -0.15) is 21.0 Å². The zero-order valence-electron chi connectivity index (χ0n) is 65.4. The Morgan fingerprint density at radius 3 is 0.931 bits per heavy atom. The van der Waals surface area contributed by atoms with Crippen LogP contribution in [0.1, 0.15) is 66.8 Å². The molecule has 0 amide bonds. The molecule has 4 heterocycles. The number of nitriles is 4. The predicted molar refractivity (Wildman–Crippen MR) is 479 cm³/mol. The van der Waals surface area contributed by atoms with Crippen molar-refractivity contribution in [3.63, 3.8) is 0 Å². The zero-order valence-corrected chi connectivity index (χ0v) is 65.4. The van der Waals surface area contributed by atoms with Crippen LogP contribution in [0.15, 0.2) is 303 Å². The minimum atomic E-state index is 0.490. The normalized spacial score (nSPS) is 11.6. The molecule has 0 bridgehead atoms. The van der Waals surface area contributed by atoms with Gasteiger partial charge >= 0.3 is 0 Å². The molecule has 0 saturated heterocycles. The van der Waals surface area contributed by atoms with E-state index in [-0.39, 0.29) is 0 Å². The van der Waals surface area contributed by atoms with Gasteiger partial charge in [-0.1, -0.05) is 210 Å². The number of hydrogen-bond acceptors (Lipinski definition) is 4. The van der Waals surface area contributed by atoms with E-state index in [1.165, 1.54) is 38.9 Å². The molecule has 0 saturated carbocycles. The van der Waals surface area contributed by atoms with Crippen LogP contribution in [0.5, 0.6) is 0 Å². The molecule has 546 valence electrons. The second kappa shape index (κ2) is 27.3. The van der Waals surface area contributed by atoms with E-state index >= 15 is 0 Å². The number of aromatic nitrogens is 4. The summed E-state index contributed by atoms with van der Waals surface area (Å²) in [6.07, 6.45) is 0. The lowest BCUT2D eigenvalue weighted by molar-refractivity contribution is 1.12. The molecule has 0 aliphatic rings. The molecule has 0 unspecified atom stereocenters. The monoisotopic (exact) mass is 1480 g/mol. The highest BCUT2D eigenvalue weighted by Gasteiger charge is 2.28. The standard InChI is InChI=1S/C108H74N8/c1-63-27-35-82(67(5)43-63)75-32-40-99-91(50-75)87-23-11-14-26-98(87)113(99)104-55-80(73-19-15-17-71(48-73)59-109)56-105(94(104)61-111)114-100-41-33-76(83-36-28-64(2)44-68(83)6)51-92(100)93-52-77(34-42-101(93)114)90-47-66(4)46-70(8)108(90)79-31-39-89-86-22-10-13-25-97(86)116(103(89)54-79)107-58-81(74-20-16-18-72(49-74)60-110)57-106(95(107)62-112)115-96-24-12-9-21-85(96)88-38-30-78(53-102(88)115)84-37-29-65(3)45-69(84)7/h9-58H,1-8H3. The van der Waals surface area contributed by atoms with E-state index in [9.17, 15) is 21.0 Å². The Kier molecular flexibility index (Phi) is 16.4. The van der Waals surface area contributed by atoms with Crippen LogP contribution in [0, 0.1) is 101 Å². The summed E-state index contributed by atoms with van der Waals surface area (Å²) >= 11 is 0. The smallest absolute Gasteiger partial charge is 0.104 e. The SMILES string of the molecule is Cc1ccc(-c2ccc3c(c2)c2ccccc2n3-c2cc(-c3cccc(C#N)c3)cc(-n3c4ccc(-c5ccc(C)cc5C)cc4c4cc(-c5cc(C)cc(C)c5-c5ccc6c7ccccc7n(-c7cc(-c8cccc(C#N)c8)cc(-n8c9ccccc9c9ccc(-c%10ccc(C)cc%10C)cc98)c7C#N)c6c5)ccc43)c2C#N)c(C)c1. The van der Waals surface area contributed by atoms with Crippen LogP contribution in [0.2, 0.25) is 0 Å². The van der Waals surface area contributed by atoms with Gasteiger partial charge in [-0.25, -0.2) is 0 Å². The number of benzene rings is 16. The lowest BCUT2D eigenvalue weighted by Gasteiger charge is -2.19. The first-order chi connectivity index (χ1) is 56.6. The van der Waals surface area contributed by atoms with E-state index in [1.807, 2.05) is 36.4 Å². The summed E-state index contributed by atoms with van der Waals surface area (Å²) in [6.45, 7) is 17.3. The number of para-hydroxylation sites is 3. The maximum absolute atomic E-state index is 12.2. The van der Waals surface area contributed by atoms with Gasteiger partial charge in [-0.15, -0.1) is 0 Å². The zero-order chi connectivity index (χ0) is 79.1. The van der Waals surface area contributed by atoms with Crippen LogP contribution in [-0.2, 0) is 0 Å². The van der Waals surface area contributed by atoms with E-state index in [2.05, 4.69) is 365 Å². The fraction of sp³-hybridized carbons (Fsp3) is 0.0741. The third-order valence-electron chi connectivity index (χ3n) is 24.0. The fourth-order valence-electron chi connectivity index (χ4n) is 18.8. The summed E-state index contributed by atoms with van der Waals surface area (Å²) in [7, 11) is 0. The van der Waals surface area contributed by atoms with Crippen molar-refractivity contribution >= 4 is 87.2 Å². The molecule has 4 aromatic heterocycles. The highest BCUT2D eigenvalue weighted by molar-refractivity contribution is 6.16. The molecule has 0 atom stereocenters. The summed E-state index contributed by atoms with van der Waals surface area (Å²) in [6, 6.07) is 118. The quantitative estimate of drug-likeness (QED) is 0.128. The Morgan fingerprint density at radius 1 is 0.198 bits per heavy atom. The third-order valence-corrected chi connectivity index (χ3v) is 24.0. The second-order valence-corrected chi connectivity index (χ2v) is 31.4. The van der Waals surface area contributed by atoms with Gasteiger partial charge in [0.1, 0.15) is 23.3 Å². The lowest BCUT2D eigenvalue weighted by Crippen LogP contribution is -2.05. The molecular weight excluding hydrogens is 1410 g/mol. The van der Waals surface area contributed by atoms with Crippen molar-refractivity contribution in [3.05, 3.63) is 370 Å². The van der Waals surface area contributed by atoms with E-state index in [1.54, 1.807) is 0 Å². The van der Waals surface area contributed by atoms with Crippen LogP contribution in [0.25, 0.3) is 188 Å². The van der Waals surface area contributed by atoms with Crippen molar-refractivity contribution in [1.29, 1.82) is 21.0 Å². The van der Waals surface area contributed by atoms with Crippen molar-refractivity contribution < 1.29 is 0 Å². The molecule has 0 aliphatic heterocycles. The van der Waals surface area contributed by atoms with Gasteiger partial charge in [-0.05, 0) is 271 Å². The molecule has 0 fully saturated rings. The second-order valence-electron chi connectivity index (χ2n) is 31.4. The van der Waals surface area contributed by atoms with E-state index in [0.29, 0.717) is 33.6 Å². The first kappa shape index (κ1) is 69.8. The Hall–Kier alpha value is -15.3. The van der Waals surface area contributed by atoms with Gasteiger partial charge in [0.15, 0.2) is 0 Å².